The van der Waals surface area contributed by atoms with Gasteiger partial charge < -0.3 is 9.30 Å². The van der Waals surface area contributed by atoms with Crippen molar-refractivity contribution in [3.05, 3.63) is 89.0 Å². The van der Waals surface area contributed by atoms with E-state index in [1.807, 2.05) is 42.0 Å². The minimum absolute atomic E-state index is 0.373. The van der Waals surface area contributed by atoms with Crippen LogP contribution < -0.4 is 4.74 Å². The van der Waals surface area contributed by atoms with Crippen LogP contribution in [0.4, 0.5) is 8.78 Å². The Morgan fingerprint density at radius 1 is 1.14 bits per heavy atom. The van der Waals surface area contributed by atoms with Crippen LogP contribution in [-0.2, 0) is 12.0 Å². The van der Waals surface area contributed by atoms with Gasteiger partial charge in [-0.15, -0.1) is 0 Å². The maximum atomic E-state index is 14.0. The summed E-state index contributed by atoms with van der Waals surface area (Å²) >= 11 is 0. The smallest absolute Gasteiger partial charge is 0.174 e. The zero-order valence-electron chi connectivity index (χ0n) is 19.2. The lowest BCUT2D eigenvalue weighted by Crippen LogP contribution is -2.34. The lowest BCUT2D eigenvalue weighted by molar-refractivity contribution is 0.390. The molecule has 3 heterocycles. The third-order valence-electron chi connectivity index (χ3n) is 6.21. The van der Waals surface area contributed by atoms with Crippen molar-refractivity contribution in [2.24, 2.45) is 0 Å². The summed E-state index contributed by atoms with van der Waals surface area (Å²) in [5.41, 5.74) is 1.83. The number of nitrogens with zero attached hydrogens (tertiary/aromatic N) is 6. The predicted molar refractivity (Wildman–Crippen MR) is 126 cm³/mol. The van der Waals surface area contributed by atoms with Gasteiger partial charge in [-0.2, -0.15) is 10.4 Å². The van der Waals surface area contributed by atoms with Gasteiger partial charge in [0.1, 0.15) is 11.2 Å². The number of aromatic nitrogens is 5. The van der Waals surface area contributed by atoms with Crippen LogP contribution in [0.25, 0.3) is 17.8 Å². The molecule has 9 heteroatoms. The second-order valence-electron chi connectivity index (χ2n) is 8.45. The van der Waals surface area contributed by atoms with Crippen LogP contribution >= 0.6 is 0 Å². The van der Waals surface area contributed by atoms with Crippen molar-refractivity contribution in [1.82, 2.24) is 24.3 Å². The summed E-state index contributed by atoms with van der Waals surface area (Å²) in [5.74, 6) is -0.398. The highest BCUT2D eigenvalue weighted by molar-refractivity contribution is 5.69. The molecule has 0 bridgehead atoms. The Kier molecular flexibility index (Phi) is 5.65. The van der Waals surface area contributed by atoms with Crippen molar-refractivity contribution < 1.29 is 13.5 Å². The first-order valence-electron chi connectivity index (χ1n) is 11.1. The molecule has 5 rings (SSSR count). The fourth-order valence-electron chi connectivity index (χ4n) is 4.45. The Balaban J connectivity index is 1.47. The Morgan fingerprint density at radius 3 is 2.71 bits per heavy atom. The van der Waals surface area contributed by atoms with E-state index in [0.29, 0.717) is 42.3 Å². The van der Waals surface area contributed by atoms with Gasteiger partial charge in [-0.1, -0.05) is 18.2 Å². The Hall–Kier alpha value is -4.32. The summed E-state index contributed by atoms with van der Waals surface area (Å²) in [6.45, 7) is 2.52. The maximum absolute atomic E-state index is 14.0. The number of hydrogen-bond acceptors (Lipinski definition) is 5. The summed E-state index contributed by atoms with van der Waals surface area (Å²) in [5, 5.41) is 14.7. The quantitative estimate of drug-likeness (QED) is 0.416. The lowest BCUT2D eigenvalue weighted by Gasteiger charge is -2.30. The maximum Gasteiger partial charge on any atom is 0.174 e. The van der Waals surface area contributed by atoms with Crippen molar-refractivity contribution in [3.8, 4) is 17.5 Å². The van der Waals surface area contributed by atoms with Gasteiger partial charge in [0.05, 0.1) is 30.9 Å². The molecule has 1 aliphatic heterocycles. The predicted octanol–water partition coefficient (Wildman–Crippen LogP) is 4.83. The summed E-state index contributed by atoms with van der Waals surface area (Å²) in [4.78, 5) is 8.87. The highest BCUT2D eigenvalue weighted by Crippen LogP contribution is 2.39. The number of ether oxygens (including phenoxy) is 1. The molecule has 0 N–H and O–H groups in total. The number of fused-ring (bicyclic) bond motifs is 1. The van der Waals surface area contributed by atoms with E-state index in [-0.39, 0.29) is 0 Å². The normalized spacial score (nSPS) is 17.3. The topological polar surface area (TPSA) is 81.5 Å². The average molecular weight is 472 g/mol. The molecule has 176 valence electrons. The van der Waals surface area contributed by atoms with Gasteiger partial charge in [0.15, 0.2) is 23.3 Å². The highest BCUT2D eigenvalue weighted by Gasteiger charge is 2.42. The number of rotatable bonds is 5. The molecule has 0 aliphatic carbocycles. The highest BCUT2D eigenvalue weighted by atomic mass is 19.2. The Morgan fingerprint density at radius 2 is 2.00 bits per heavy atom. The van der Waals surface area contributed by atoms with Gasteiger partial charge in [-0.25, -0.2) is 23.4 Å². The van der Waals surface area contributed by atoms with Gasteiger partial charge in [0.2, 0.25) is 0 Å². The molecule has 0 amide bonds. The summed E-state index contributed by atoms with van der Waals surface area (Å²) in [6.07, 6.45) is 8.38. The van der Waals surface area contributed by atoms with E-state index in [0.717, 1.165) is 29.1 Å². The van der Waals surface area contributed by atoms with E-state index in [1.54, 1.807) is 24.2 Å². The number of imidazole rings is 1. The molecule has 4 aromatic rings. The van der Waals surface area contributed by atoms with E-state index in [9.17, 15) is 14.0 Å². The zero-order valence-corrected chi connectivity index (χ0v) is 19.2. The van der Waals surface area contributed by atoms with Gasteiger partial charge in [-0.3, -0.25) is 0 Å². The molecular weight excluding hydrogens is 450 g/mol. The molecule has 2 aromatic carbocycles. The first-order chi connectivity index (χ1) is 16.9. The van der Waals surface area contributed by atoms with E-state index in [4.69, 9.17) is 4.74 Å². The van der Waals surface area contributed by atoms with Crippen LogP contribution in [0, 0.1) is 29.9 Å². The third-order valence-corrected chi connectivity index (χ3v) is 6.21. The Bertz CT molecular complexity index is 1480. The van der Waals surface area contributed by atoms with Crippen molar-refractivity contribution in [2.45, 2.75) is 31.7 Å². The molecule has 0 saturated heterocycles. The molecule has 1 aliphatic rings. The van der Waals surface area contributed by atoms with Crippen molar-refractivity contribution in [2.75, 3.05) is 7.11 Å². The van der Waals surface area contributed by atoms with E-state index in [2.05, 4.69) is 21.1 Å². The number of benzene rings is 2. The minimum atomic E-state index is -1.19. The molecule has 1 atom stereocenters. The molecule has 0 spiro atoms. The number of hydrogen-bond donors (Lipinski definition) is 0. The third kappa shape index (κ3) is 3.97. The first-order valence-corrected chi connectivity index (χ1v) is 11.1. The summed E-state index contributed by atoms with van der Waals surface area (Å²) in [7, 11) is 1.61. The van der Waals surface area contributed by atoms with Gasteiger partial charge in [-0.05, 0) is 61.2 Å². The van der Waals surface area contributed by atoms with Gasteiger partial charge in [0, 0.05) is 12.7 Å². The molecule has 0 saturated carbocycles. The average Bonchev–Trinajstić information content (AvgIpc) is 3.50. The van der Waals surface area contributed by atoms with E-state index in [1.165, 1.54) is 6.07 Å². The molecule has 7 nitrogen and oxygen atoms in total. The minimum Gasteiger partial charge on any atom is -0.495 e. The molecule has 2 aromatic heterocycles. The van der Waals surface area contributed by atoms with Crippen molar-refractivity contribution >= 4 is 12.2 Å². The Labute approximate surface area is 200 Å². The first kappa shape index (κ1) is 22.5. The van der Waals surface area contributed by atoms with Crippen LogP contribution in [0.1, 0.15) is 41.3 Å². The van der Waals surface area contributed by atoms with Gasteiger partial charge in [0.25, 0.3) is 0 Å². The van der Waals surface area contributed by atoms with Crippen LogP contribution in [0.3, 0.4) is 0 Å². The van der Waals surface area contributed by atoms with Crippen LogP contribution in [0.2, 0.25) is 0 Å². The monoisotopic (exact) mass is 472 g/mol. The lowest BCUT2D eigenvalue weighted by atomic mass is 9.75. The molecule has 0 radical (unpaired) electrons. The largest absolute Gasteiger partial charge is 0.495 e. The second-order valence-corrected chi connectivity index (χ2v) is 8.45. The number of nitriles is 1. The SMILES string of the molecule is COc1cc(/C=C/c2nc3n(n2)CCC[C@]3(C#N)c2ccc(F)c(F)c2)ccc1-n1cnc(C)c1. The molecule has 0 fully saturated rings. The second kappa shape index (κ2) is 8.80. The molecule has 35 heavy (non-hydrogen) atoms. The number of aryl methyl sites for hydroxylation is 2. The van der Waals surface area contributed by atoms with E-state index >= 15 is 0 Å². The zero-order chi connectivity index (χ0) is 24.6. The number of methoxy groups -OCH3 is 1. The number of halogens is 2. The van der Waals surface area contributed by atoms with Crippen LogP contribution in [-0.4, -0.2) is 31.4 Å². The van der Waals surface area contributed by atoms with Gasteiger partial charge >= 0.3 is 0 Å². The van der Waals surface area contributed by atoms with Crippen LogP contribution in [0.5, 0.6) is 5.75 Å². The summed E-state index contributed by atoms with van der Waals surface area (Å²) < 4.78 is 36.6. The molecular formula is C26H22F2N6O. The fraction of sp³-hybridized carbons (Fsp3) is 0.231. The van der Waals surface area contributed by atoms with Crippen molar-refractivity contribution in [3.63, 3.8) is 0 Å². The van der Waals surface area contributed by atoms with Crippen molar-refractivity contribution in [1.29, 1.82) is 5.26 Å². The standard InChI is InChI=1S/C26H22F2N6O/c1-17-14-33(16-30-17)22-8-4-18(12-23(22)35-2)5-9-24-31-25-26(15-29,10-3-11-34(25)32-24)19-6-7-20(27)21(28)13-19/h4-9,12-14,16H,3,10-11H2,1-2H3/b9-5+/t26-/m0/s1. The van der Waals surface area contributed by atoms with Crippen LogP contribution in [0.15, 0.2) is 48.9 Å². The van der Waals surface area contributed by atoms with E-state index < -0.39 is 17.0 Å². The fourth-order valence-corrected chi connectivity index (χ4v) is 4.45. The molecule has 0 unspecified atom stereocenters. The summed E-state index contributed by atoms with van der Waals surface area (Å²) in [6, 6.07) is 11.6.